The number of anilines is 1. The highest BCUT2D eigenvalue weighted by Gasteiger charge is 2.26. The summed E-state index contributed by atoms with van der Waals surface area (Å²) >= 11 is 5.93. The Morgan fingerprint density at radius 2 is 1.55 bits per heavy atom. The smallest absolute Gasteiger partial charge is 0.262 e. The number of carbonyl (C=O) groups is 2. The van der Waals surface area contributed by atoms with Crippen LogP contribution in [0, 0.1) is 0 Å². The van der Waals surface area contributed by atoms with Crippen LogP contribution in [-0.4, -0.2) is 29.7 Å². The largest absolute Gasteiger partial charge is 0.507 e. The molecule has 0 spiro atoms. The van der Waals surface area contributed by atoms with E-state index in [0.29, 0.717) is 28.6 Å². The number of ether oxygens (including phenoxy) is 1. The molecule has 0 bridgehead atoms. The quantitative estimate of drug-likeness (QED) is 0.198. The third-order valence-electron chi connectivity index (χ3n) is 6.19. The van der Waals surface area contributed by atoms with Gasteiger partial charge in [0.15, 0.2) is 6.61 Å². The number of phenolic OH excluding ortho intramolecular Hbond substituents is 1. The summed E-state index contributed by atoms with van der Waals surface area (Å²) in [5, 5.41) is 18.2. The maximum absolute atomic E-state index is 12.5. The van der Waals surface area contributed by atoms with E-state index in [2.05, 4.69) is 57.4 Å². The summed E-state index contributed by atoms with van der Waals surface area (Å²) in [4.78, 5) is 24.5. The molecule has 0 unspecified atom stereocenters. The molecular weight excluding hydrogens is 526 g/mol. The second-order valence-corrected chi connectivity index (χ2v) is 12.2. The Labute approximate surface area is 241 Å². The average Bonchev–Trinajstić information content (AvgIpc) is 2.86. The molecule has 0 heterocycles. The minimum Gasteiger partial charge on any atom is -0.507 e. The van der Waals surface area contributed by atoms with Crippen molar-refractivity contribution < 1.29 is 19.4 Å². The number of aryl methyl sites for hydroxylation is 1. The number of rotatable bonds is 9. The molecule has 3 aromatic rings. The zero-order valence-electron chi connectivity index (χ0n) is 24.0. The molecule has 0 aromatic heterocycles. The van der Waals surface area contributed by atoms with Gasteiger partial charge >= 0.3 is 0 Å². The van der Waals surface area contributed by atoms with Crippen molar-refractivity contribution in [3.05, 3.63) is 87.9 Å². The molecule has 0 saturated carbocycles. The minimum absolute atomic E-state index is 0.147. The summed E-state index contributed by atoms with van der Waals surface area (Å²) < 4.78 is 5.53. The number of carbonyl (C=O) groups excluding carboxylic acids is 2. The molecule has 7 nitrogen and oxygen atoms in total. The van der Waals surface area contributed by atoms with Crippen molar-refractivity contribution in [3.8, 4) is 11.5 Å². The SMILES string of the molecule is CC(C)(C)c1cc(CCC(=O)N/N=C\c2ccc(OCC(=O)Nc3cccc(Cl)c3)cc2)cc(C(C)(C)C)c1O. The first kappa shape index (κ1) is 30.7. The van der Waals surface area contributed by atoms with Crippen LogP contribution in [0.3, 0.4) is 0 Å². The normalized spacial score (nSPS) is 11.9. The number of halogens is 1. The number of hydrazone groups is 1. The highest BCUT2D eigenvalue weighted by atomic mass is 35.5. The lowest BCUT2D eigenvalue weighted by Gasteiger charge is -2.28. The number of nitrogens with zero attached hydrogens (tertiary/aromatic N) is 1. The first-order valence-corrected chi connectivity index (χ1v) is 13.6. The number of nitrogens with one attached hydrogen (secondary N) is 2. The van der Waals surface area contributed by atoms with Gasteiger partial charge in [0.05, 0.1) is 6.21 Å². The molecule has 0 saturated heterocycles. The van der Waals surface area contributed by atoms with Crippen LogP contribution in [0.15, 0.2) is 65.8 Å². The Kier molecular flexibility index (Phi) is 9.98. The Morgan fingerprint density at radius 1 is 0.925 bits per heavy atom. The third kappa shape index (κ3) is 9.12. The van der Waals surface area contributed by atoms with Gasteiger partial charge in [0.1, 0.15) is 11.5 Å². The molecule has 0 aliphatic carbocycles. The number of amides is 2. The summed E-state index contributed by atoms with van der Waals surface area (Å²) in [6.07, 6.45) is 2.34. The second-order valence-electron chi connectivity index (χ2n) is 11.7. The van der Waals surface area contributed by atoms with Crippen LogP contribution >= 0.6 is 11.6 Å². The summed E-state index contributed by atoms with van der Waals surface area (Å²) in [7, 11) is 0. The van der Waals surface area contributed by atoms with Crippen LogP contribution in [-0.2, 0) is 26.8 Å². The van der Waals surface area contributed by atoms with E-state index in [-0.39, 0.29) is 35.7 Å². The van der Waals surface area contributed by atoms with Gasteiger partial charge in [-0.05, 0) is 82.0 Å². The fourth-order valence-corrected chi connectivity index (χ4v) is 4.23. The molecule has 3 N–H and O–H groups in total. The lowest BCUT2D eigenvalue weighted by Crippen LogP contribution is -2.20. The first-order chi connectivity index (χ1) is 18.7. The molecule has 40 heavy (non-hydrogen) atoms. The van der Waals surface area contributed by atoms with Gasteiger partial charge < -0.3 is 15.2 Å². The lowest BCUT2D eigenvalue weighted by atomic mass is 9.78. The lowest BCUT2D eigenvalue weighted by molar-refractivity contribution is -0.121. The maximum atomic E-state index is 12.5. The molecule has 0 aliphatic heterocycles. The van der Waals surface area contributed by atoms with Crippen molar-refractivity contribution in [2.24, 2.45) is 5.10 Å². The van der Waals surface area contributed by atoms with Crippen molar-refractivity contribution in [1.29, 1.82) is 0 Å². The van der Waals surface area contributed by atoms with Crippen LogP contribution < -0.4 is 15.5 Å². The summed E-state index contributed by atoms with van der Waals surface area (Å²) in [5.74, 6) is 0.354. The predicted molar refractivity (Wildman–Crippen MR) is 162 cm³/mol. The molecule has 0 radical (unpaired) electrons. The fraction of sp³-hybridized carbons (Fsp3) is 0.344. The fourth-order valence-electron chi connectivity index (χ4n) is 4.04. The zero-order valence-corrected chi connectivity index (χ0v) is 24.7. The monoisotopic (exact) mass is 563 g/mol. The van der Waals surface area contributed by atoms with Crippen molar-refractivity contribution in [3.63, 3.8) is 0 Å². The van der Waals surface area contributed by atoms with Gasteiger partial charge in [0.25, 0.3) is 5.91 Å². The standard InChI is InChI=1S/C32H38ClN3O4/c1-31(2,3)26-16-22(17-27(30(26)39)32(4,5)6)12-15-28(37)36-34-19-21-10-13-25(14-11-21)40-20-29(38)35-24-9-7-8-23(33)18-24/h7-11,13-14,16-19,39H,12,15,20H2,1-6H3,(H,35,38)(H,36,37)/b34-19-. The number of aromatic hydroxyl groups is 1. The van der Waals surface area contributed by atoms with Gasteiger partial charge in [0.2, 0.25) is 5.91 Å². The minimum atomic E-state index is -0.299. The second kappa shape index (κ2) is 13.0. The van der Waals surface area contributed by atoms with E-state index < -0.39 is 0 Å². The molecule has 3 aromatic carbocycles. The van der Waals surface area contributed by atoms with E-state index in [9.17, 15) is 14.7 Å². The van der Waals surface area contributed by atoms with Gasteiger partial charge in [-0.3, -0.25) is 9.59 Å². The molecule has 8 heteroatoms. The number of hydrogen-bond donors (Lipinski definition) is 3. The topological polar surface area (TPSA) is 100 Å². The van der Waals surface area contributed by atoms with Crippen molar-refractivity contribution in [2.45, 2.75) is 65.2 Å². The summed E-state index contributed by atoms with van der Waals surface area (Å²) in [6.45, 7) is 12.3. The van der Waals surface area contributed by atoms with Crippen LogP contribution in [0.4, 0.5) is 5.69 Å². The highest BCUT2D eigenvalue weighted by Crippen LogP contribution is 2.40. The van der Waals surface area contributed by atoms with Gasteiger partial charge in [-0.2, -0.15) is 5.10 Å². The summed E-state index contributed by atoms with van der Waals surface area (Å²) in [5.41, 5.74) is 6.24. The average molecular weight is 564 g/mol. The van der Waals surface area contributed by atoms with E-state index in [1.807, 2.05) is 12.1 Å². The van der Waals surface area contributed by atoms with Crippen LogP contribution in [0.5, 0.6) is 11.5 Å². The Hall–Kier alpha value is -3.84. The van der Waals surface area contributed by atoms with Gasteiger partial charge in [-0.25, -0.2) is 5.43 Å². The van der Waals surface area contributed by atoms with Gasteiger partial charge in [-0.15, -0.1) is 0 Å². The summed E-state index contributed by atoms with van der Waals surface area (Å²) in [6, 6.07) is 17.9. The Bertz CT molecular complexity index is 1340. The maximum Gasteiger partial charge on any atom is 0.262 e. The third-order valence-corrected chi connectivity index (χ3v) is 6.42. The van der Waals surface area contributed by atoms with E-state index in [4.69, 9.17) is 16.3 Å². The molecule has 0 aliphatic rings. The van der Waals surface area contributed by atoms with Crippen molar-refractivity contribution in [1.82, 2.24) is 5.43 Å². The van der Waals surface area contributed by atoms with E-state index in [1.54, 1.807) is 54.7 Å². The highest BCUT2D eigenvalue weighted by molar-refractivity contribution is 6.30. The zero-order chi connectivity index (χ0) is 29.5. The van der Waals surface area contributed by atoms with Crippen LogP contribution in [0.2, 0.25) is 5.02 Å². The van der Waals surface area contributed by atoms with Crippen molar-refractivity contribution in [2.75, 3.05) is 11.9 Å². The first-order valence-electron chi connectivity index (χ1n) is 13.2. The van der Waals surface area contributed by atoms with E-state index in [1.165, 1.54) is 0 Å². The van der Waals surface area contributed by atoms with Crippen LogP contribution in [0.25, 0.3) is 0 Å². The number of benzene rings is 3. The molecule has 212 valence electrons. The van der Waals surface area contributed by atoms with Crippen molar-refractivity contribution >= 4 is 35.3 Å². The van der Waals surface area contributed by atoms with E-state index >= 15 is 0 Å². The predicted octanol–water partition coefficient (Wildman–Crippen LogP) is 6.74. The molecule has 0 atom stereocenters. The molecule has 3 rings (SSSR count). The number of hydrogen-bond acceptors (Lipinski definition) is 5. The van der Waals surface area contributed by atoms with Gasteiger partial charge in [-0.1, -0.05) is 71.3 Å². The Morgan fingerprint density at radius 3 is 2.12 bits per heavy atom. The molecular formula is C32H38ClN3O4. The molecule has 0 fully saturated rings. The Balaban J connectivity index is 1.50. The number of phenols is 1. The van der Waals surface area contributed by atoms with Crippen LogP contribution in [0.1, 0.15) is 70.2 Å². The van der Waals surface area contributed by atoms with E-state index in [0.717, 1.165) is 22.3 Å². The molecule has 2 amide bonds. The van der Waals surface area contributed by atoms with Gasteiger partial charge in [0, 0.05) is 17.1 Å².